The number of rotatable bonds is 1. The molecule has 2 rings (SSSR count). The van der Waals surface area contributed by atoms with Gasteiger partial charge in [-0.2, -0.15) is 5.26 Å². The zero-order chi connectivity index (χ0) is 12.4. The Morgan fingerprint density at radius 2 is 2.35 bits per heavy atom. The van der Waals surface area contributed by atoms with Gasteiger partial charge in [-0.15, -0.1) is 0 Å². The monoisotopic (exact) mass is 297 g/mol. The molecule has 1 fully saturated rings. The number of piperazine rings is 1. The summed E-state index contributed by atoms with van der Waals surface area (Å²) in [6.07, 6.45) is 0. The average Bonchev–Trinajstić information content (AvgIpc) is 2.32. The van der Waals surface area contributed by atoms with Crippen molar-refractivity contribution in [2.75, 3.05) is 24.5 Å². The maximum atomic E-state index is 14.1. The van der Waals surface area contributed by atoms with E-state index < -0.39 is 0 Å². The molecule has 1 atom stereocenters. The van der Waals surface area contributed by atoms with Crippen LogP contribution in [0.2, 0.25) is 0 Å². The average molecular weight is 298 g/mol. The van der Waals surface area contributed by atoms with Gasteiger partial charge in [0, 0.05) is 25.7 Å². The molecule has 0 unspecified atom stereocenters. The number of benzene rings is 1. The lowest BCUT2D eigenvalue weighted by molar-refractivity contribution is 0.478. The molecule has 5 heteroatoms. The van der Waals surface area contributed by atoms with E-state index in [4.69, 9.17) is 5.26 Å². The van der Waals surface area contributed by atoms with Crippen LogP contribution < -0.4 is 10.2 Å². The first kappa shape index (κ1) is 12.3. The molecule has 0 aromatic heterocycles. The molecule has 1 aromatic rings. The van der Waals surface area contributed by atoms with Crippen molar-refractivity contribution in [1.82, 2.24) is 5.32 Å². The van der Waals surface area contributed by atoms with Crippen molar-refractivity contribution in [1.29, 1.82) is 5.26 Å². The van der Waals surface area contributed by atoms with Crippen molar-refractivity contribution in [3.05, 3.63) is 28.0 Å². The largest absolute Gasteiger partial charge is 0.366 e. The first-order valence-corrected chi connectivity index (χ1v) is 6.29. The van der Waals surface area contributed by atoms with E-state index in [9.17, 15) is 4.39 Å². The van der Waals surface area contributed by atoms with Crippen molar-refractivity contribution in [2.45, 2.75) is 13.0 Å². The molecule has 0 radical (unpaired) electrons. The van der Waals surface area contributed by atoms with Crippen LogP contribution in [0.15, 0.2) is 16.6 Å². The molecule has 1 N–H and O–H groups in total. The van der Waals surface area contributed by atoms with Crippen LogP contribution in [0.5, 0.6) is 0 Å². The Hall–Kier alpha value is -1.12. The smallest absolute Gasteiger partial charge is 0.161 e. The highest BCUT2D eigenvalue weighted by Crippen LogP contribution is 2.29. The van der Waals surface area contributed by atoms with Gasteiger partial charge in [-0.25, -0.2) is 4.39 Å². The van der Waals surface area contributed by atoms with Gasteiger partial charge in [0.15, 0.2) is 5.82 Å². The van der Waals surface area contributed by atoms with Gasteiger partial charge in [-0.1, -0.05) is 0 Å². The summed E-state index contributed by atoms with van der Waals surface area (Å²) in [5.41, 5.74) is 0.888. The van der Waals surface area contributed by atoms with Crippen molar-refractivity contribution in [2.24, 2.45) is 0 Å². The molecule has 1 aromatic carbocycles. The van der Waals surface area contributed by atoms with E-state index in [2.05, 4.69) is 28.2 Å². The van der Waals surface area contributed by atoms with Crippen LogP contribution in [-0.2, 0) is 0 Å². The number of hydrogen-bond acceptors (Lipinski definition) is 3. The molecule has 0 saturated carbocycles. The molecular formula is C12H13BrFN3. The Balaban J connectivity index is 2.33. The predicted molar refractivity (Wildman–Crippen MR) is 68.5 cm³/mol. The van der Waals surface area contributed by atoms with Crippen LogP contribution in [0.25, 0.3) is 0 Å². The number of hydrogen-bond donors (Lipinski definition) is 1. The molecule has 0 bridgehead atoms. The molecule has 0 amide bonds. The van der Waals surface area contributed by atoms with Crippen LogP contribution in [0.1, 0.15) is 12.5 Å². The van der Waals surface area contributed by atoms with Gasteiger partial charge in [0.2, 0.25) is 0 Å². The zero-order valence-corrected chi connectivity index (χ0v) is 11.1. The van der Waals surface area contributed by atoms with E-state index in [1.54, 1.807) is 12.1 Å². The van der Waals surface area contributed by atoms with Gasteiger partial charge in [0.25, 0.3) is 0 Å². The van der Waals surface area contributed by atoms with E-state index in [1.807, 2.05) is 11.0 Å². The van der Waals surface area contributed by atoms with Crippen LogP contribution in [0.4, 0.5) is 10.1 Å². The van der Waals surface area contributed by atoms with Crippen molar-refractivity contribution in [3.8, 4) is 6.07 Å². The second-order valence-corrected chi connectivity index (χ2v) is 4.97. The SMILES string of the molecule is C[C@H]1CN(c2ccc(C#N)c(Br)c2F)CCN1. The third kappa shape index (κ3) is 2.43. The zero-order valence-electron chi connectivity index (χ0n) is 9.50. The summed E-state index contributed by atoms with van der Waals surface area (Å²) in [4.78, 5) is 2.00. The summed E-state index contributed by atoms with van der Waals surface area (Å²) in [5.74, 6) is -0.349. The summed E-state index contributed by atoms with van der Waals surface area (Å²) >= 11 is 3.13. The standard InChI is InChI=1S/C12H13BrFN3/c1-8-7-17(5-4-16-8)10-3-2-9(6-15)11(13)12(10)14/h2-3,8,16H,4-5,7H2,1H3/t8-/m0/s1. The van der Waals surface area contributed by atoms with E-state index >= 15 is 0 Å². The number of halogens is 2. The summed E-state index contributed by atoms with van der Waals surface area (Å²) in [6, 6.07) is 5.63. The number of nitriles is 1. The van der Waals surface area contributed by atoms with E-state index in [-0.39, 0.29) is 10.3 Å². The fourth-order valence-electron chi connectivity index (χ4n) is 2.02. The first-order chi connectivity index (χ1) is 8.13. The van der Waals surface area contributed by atoms with Crippen LogP contribution in [0.3, 0.4) is 0 Å². The normalized spacial score (nSPS) is 20.1. The maximum absolute atomic E-state index is 14.1. The fraction of sp³-hybridized carbons (Fsp3) is 0.417. The second-order valence-electron chi connectivity index (χ2n) is 4.17. The van der Waals surface area contributed by atoms with Gasteiger partial charge in [0.1, 0.15) is 6.07 Å². The molecule has 17 heavy (non-hydrogen) atoms. The first-order valence-electron chi connectivity index (χ1n) is 5.50. The minimum Gasteiger partial charge on any atom is -0.366 e. The molecular weight excluding hydrogens is 285 g/mol. The second kappa shape index (κ2) is 5.03. The Morgan fingerprint density at radius 1 is 1.59 bits per heavy atom. The minimum atomic E-state index is -0.349. The summed E-state index contributed by atoms with van der Waals surface area (Å²) in [6.45, 7) is 4.47. The number of nitrogens with zero attached hydrogens (tertiary/aromatic N) is 2. The lowest BCUT2D eigenvalue weighted by atomic mass is 10.1. The number of anilines is 1. The van der Waals surface area contributed by atoms with E-state index in [1.165, 1.54) is 0 Å². The molecule has 1 aliphatic rings. The molecule has 90 valence electrons. The molecule has 1 aliphatic heterocycles. The lowest BCUT2D eigenvalue weighted by Crippen LogP contribution is -2.49. The molecule has 0 aliphatic carbocycles. The van der Waals surface area contributed by atoms with Gasteiger partial charge < -0.3 is 10.2 Å². The van der Waals surface area contributed by atoms with Gasteiger partial charge in [-0.05, 0) is 35.0 Å². The van der Waals surface area contributed by atoms with Crippen LogP contribution >= 0.6 is 15.9 Å². The van der Waals surface area contributed by atoms with Gasteiger partial charge in [-0.3, -0.25) is 0 Å². The third-order valence-electron chi connectivity index (χ3n) is 2.89. The van der Waals surface area contributed by atoms with E-state index in [0.717, 1.165) is 19.6 Å². The molecule has 3 nitrogen and oxygen atoms in total. The number of nitrogens with one attached hydrogen (secondary N) is 1. The van der Waals surface area contributed by atoms with Crippen LogP contribution in [-0.4, -0.2) is 25.7 Å². The summed E-state index contributed by atoms with van der Waals surface area (Å²) < 4.78 is 14.4. The molecule has 1 heterocycles. The van der Waals surface area contributed by atoms with E-state index in [0.29, 0.717) is 17.3 Å². The maximum Gasteiger partial charge on any atom is 0.161 e. The lowest BCUT2D eigenvalue weighted by Gasteiger charge is -2.34. The Morgan fingerprint density at radius 3 is 3.00 bits per heavy atom. The van der Waals surface area contributed by atoms with Crippen LogP contribution in [0, 0.1) is 17.1 Å². The summed E-state index contributed by atoms with van der Waals surface area (Å²) in [7, 11) is 0. The van der Waals surface area contributed by atoms with Gasteiger partial charge >= 0.3 is 0 Å². The Bertz CT molecular complexity index is 470. The van der Waals surface area contributed by atoms with Gasteiger partial charge in [0.05, 0.1) is 15.7 Å². The highest BCUT2D eigenvalue weighted by molar-refractivity contribution is 9.10. The predicted octanol–water partition coefficient (Wildman–Crippen LogP) is 2.26. The topological polar surface area (TPSA) is 39.1 Å². The van der Waals surface area contributed by atoms with Crippen molar-refractivity contribution in [3.63, 3.8) is 0 Å². The quantitative estimate of drug-likeness (QED) is 0.864. The summed E-state index contributed by atoms with van der Waals surface area (Å²) in [5, 5.41) is 12.1. The Kier molecular flexibility index (Phi) is 3.65. The Labute approximate surface area is 108 Å². The van der Waals surface area contributed by atoms with Crippen molar-refractivity contribution >= 4 is 21.6 Å². The minimum absolute atomic E-state index is 0.253. The fourth-order valence-corrected chi connectivity index (χ4v) is 2.44. The highest BCUT2D eigenvalue weighted by Gasteiger charge is 2.20. The van der Waals surface area contributed by atoms with Crippen molar-refractivity contribution < 1.29 is 4.39 Å². The third-order valence-corrected chi connectivity index (χ3v) is 3.67. The highest BCUT2D eigenvalue weighted by atomic mass is 79.9. The molecule has 0 spiro atoms. The molecule has 1 saturated heterocycles.